The lowest BCUT2D eigenvalue weighted by Gasteiger charge is -2.04. The Morgan fingerprint density at radius 3 is 2.71 bits per heavy atom. The molecule has 2 heterocycles. The van der Waals surface area contributed by atoms with Crippen molar-refractivity contribution in [2.45, 2.75) is 19.6 Å². The van der Waals surface area contributed by atoms with Crippen molar-refractivity contribution in [3.63, 3.8) is 0 Å². The molecule has 0 bridgehead atoms. The summed E-state index contributed by atoms with van der Waals surface area (Å²) in [4.78, 5) is 8.50. The maximum absolute atomic E-state index is 12.6. The van der Waals surface area contributed by atoms with E-state index in [-0.39, 0.29) is 0 Å². The highest BCUT2D eigenvalue weighted by molar-refractivity contribution is 7.22. The molecular weight excluding hydrogens is 319 g/mol. The Bertz CT molecular complexity index is 776. The molecule has 0 amide bonds. The van der Waals surface area contributed by atoms with Gasteiger partial charge < -0.3 is 5.32 Å². The topological polar surface area (TPSA) is 37.8 Å². The van der Waals surface area contributed by atoms with Gasteiger partial charge in [-0.1, -0.05) is 11.3 Å². The molecule has 0 aliphatic carbocycles. The van der Waals surface area contributed by atoms with Gasteiger partial charge in [-0.25, -0.2) is 9.97 Å². The van der Waals surface area contributed by atoms with E-state index in [1.165, 1.54) is 28.7 Å². The van der Waals surface area contributed by atoms with Crippen molar-refractivity contribution in [3.8, 4) is 0 Å². The van der Waals surface area contributed by atoms with Crippen molar-refractivity contribution >= 4 is 38.0 Å². The first-order valence-electron chi connectivity index (χ1n) is 6.04. The number of fused-ring (bicyclic) bond motifs is 1. The van der Waals surface area contributed by atoms with Crippen LogP contribution < -0.4 is 5.32 Å². The number of halogens is 3. The highest BCUT2D eigenvalue weighted by atomic mass is 32.1. The minimum absolute atomic E-state index is 0.354. The Labute approximate surface area is 126 Å². The van der Waals surface area contributed by atoms with Crippen LogP contribution >= 0.6 is 22.7 Å². The van der Waals surface area contributed by atoms with Crippen LogP contribution in [0.2, 0.25) is 0 Å². The number of nitrogens with zero attached hydrogens (tertiary/aromatic N) is 2. The van der Waals surface area contributed by atoms with Crippen molar-refractivity contribution < 1.29 is 13.2 Å². The molecule has 0 atom stereocenters. The van der Waals surface area contributed by atoms with Gasteiger partial charge in [0.2, 0.25) is 0 Å². The average Bonchev–Trinajstić information content (AvgIpc) is 2.99. The van der Waals surface area contributed by atoms with Gasteiger partial charge in [0.25, 0.3) is 0 Å². The van der Waals surface area contributed by atoms with Gasteiger partial charge in [-0.15, -0.1) is 11.3 Å². The molecule has 0 fully saturated rings. The van der Waals surface area contributed by atoms with Crippen molar-refractivity contribution in [2.24, 2.45) is 0 Å². The minimum atomic E-state index is -4.34. The van der Waals surface area contributed by atoms with E-state index in [2.05, 4.69) is 15.3 Å². The zero-order chi connectivity index (χ0) is 15.0. The normalized spacial score (nSPS) is 12.0. The number of aromatic nitrogens is 2. The summed E-state index contributed by atoms with van der Waals surface area (Å²) in [6, 6.07) is 3.60. The molecule has 2 aromatic heterocycles. The van der Waals surface area contributed by atoms with Crippen LogP contribution in [-0.2, 0) is 12.7 Å². The quantitative estimate of drug-likeness (QED) is 0.757. The van der Waals surface area contributed by atoms with E-state index in [1.807, 2.05) is 12.3 Å². The summed E-state index contributed by atoms with van der Waals surface area (Å²) in [6.45, 7) is 2.43. The molecule has 0 saturated carbocycles. The summed E-state index contributed by atoms with van der Waals surface area (Å²) in [7, 11) is 0. The lowest BCUT2D eigenvalue weighted by atomic mass is 10.2. The molecule has 3 rings (SSSR count). The fourth-order valence-corrected chi connectivity index (χ4v) is 3.37. The number of rotatable bonds is 3. The van der Waals surface area contributed by atoms with Gasteiger partial charge in [0.15, 0.2) is 5.13 Å². The molecular formula is C13H10F3N3S2. The summed E-state index contributed by atoms with van der Waals surface area (Å²) in [5.41, 5.74) is 0.631. The lowest BCUT2D eigenvalue weighted by Crippen LogP contribution is -2.04. The standard InChI is InChI=1S/C13H10F3N3S2/c1-7-6-20-11(18-7)5-17-12-19-9-4-8(13(14,15)16)2-3-10(9)21-12/h2-4,6H,5H2,1H3,(H,17,19). The maximum atomic E-state index is 12.6. The monoisotopic (exact) mass is 329 g/mol. The Morgan fingerprint density at radius 1 is 1.24 bits per heavy atom. The summed E-state index contributed by atoms with van der Waals surface area (Å²) < 4.78 is 38.7. The summed E-state index contributed by atoms with van der Waals surface area (Å²) in [5.74, 6) is 0. The van der Waals surface area contributed by atoms with Gasteiger partial charge in [-0.2, -0.15) is 13.2 Å². The van der Waals surface area contributed by atoms with Crippen LogP contribution in [0.15, 0.2) is 23.6 Å². The molecule has 0 radical (unpaired) electrons. The summed E-state index contributed by atoms with van der Waals surface area (Å²) in [6.07, 6.45) is -4.34. The molecule has 0 spiro atoms. The second kappa shape index (κ2) is 5.27. The third-order valence-electron chi connectivity index (χ3n) is 2.77. The van der Waals surface area contributed by atoms with E-state index < -0.39 is 11.7 Å². The third kappa shape index (κ3) is 3.16. The molecule has 3 aromatic rings. The van der Waals surface area contributed by atoms with Crippen LogP contribution in [0.4, 0.5) is 18.3 Å². The summed E-state index contributed by atoms with van der Waals surface area (Å²) >= 11 is 2.87. The number of anilines is 1. The molecule has 0 aliphatic rings. The Kier molecular flexibility index (Phi) is 3.58. The number of hydrogen-bond acceptors (Lipinski definition) is 5. The number of nitrogens with one attached hydrogen (secondary N) is 1. The number of thiazole rings is 2. The highest BCUT2D eigenvalue weighted by Crippen LogP contribution is 2.34. The number of alkyl halides is 3. The second-order valence-electron chi connectivity index (χ2n) is 4.44. The number of hydrogen-bond donors (Lipinski definition) is 1. The average molecular weight is 329 g/mol. The van der Waals surface area contributed by atoms with Crippen molar-refractivity contribution in [1.29, 1.82) is 0 Å². The highest BCUT2D eigenvalue weighted by Gasteiger charge is 2.30. The second-order valence-corrected chi connectivity index (χ2v) is 6.41. The lowest BCUT2D eigenvalue weighted by molar-refractivity contribution is -0.137. The van der Waals surface area contributed by atoms with Crippen LogP contribution in [0.25, 0.3) is 10.2 Å². The largest absolute Gasteiger partial charge is 0.416 e. The molecule has 0 saturated heterocycles. The van der Waals surface area contributed by atoms with E-state index in [9.17, 15) is 13.2 Å². The van der Waals surface area contributed by atoms with Gasteiger partial charge >= 0.3 is 6.18 Å². The van der Waals surface area contributed by atoms with E-state index >= 15 is 0 Å². The van der Waals surface area contributed by atoms with Gasteiger partial charge in [-0.05, 0) is 25.1 Å². The molecule has 0 unspecified atom stereocenters. The van der Waals surface area contributed by atoms with Gasteiger partial charge in [0.05, 0.1) is 22.3 Å². The first-order valence-corrected chi connectivity index (χ1v) is 7.74. The van der Waals surface area contributed by atoms with Crippen LogP contribution in [0.5, 0.6) is 0 Å². The first kappa shape index (κ1) is 14.3. The number of benzene rings is 1. The molecule has 0 aliphatic heterocycles. The minimum Gasteiger partial charge on any atom is -0.355 e. The van der Waals surface area contributed by atoms with E-state index in [1.54, 1.807) is 0 Å². The molecule has 1 N–H and O–H groups in total. The molecule has 8 heteroatoms. The van der Waals surface area contributed by atoms with Crippen molar-refractivity contribution in [2.75, 3.05) is 5.32 Å². The van der Waals surface area contributed by atoms with Crippen molar-refractivity contribution in [1.82, 2.24) is 9.97 Å². The van der Waals surface area contributed by atoms with Crippen LogP contribution in [-0.4, -0.2) is 9.97 Å². The van der Waals surface area contributed by atoms with Gasteiger partial charge in [-0.3, -0.25) is 0 Å². The van der Waals surface area contributed by atoms with Crippen LogP contribution in [0, 0.1) is 6.92 Å². The Morgan fingerprint density at radius 2 is 2.05 bits per heavy atom. The van der Waals surface area contributed by atoms with Gasteiger partial charge in [0, 0.05) is 11.1 Å². The van der Waals surface area contributed by atoms with E-state index in [0.717, 1.165) is 27.5 Å². The smallest absolute Gasteiger partial charge is 0.355 e. The zero-order valence-corrected chi connectivity index (χ0v) is 12.5. The molecule has 3 nitrogen and oxygen atoms in total. The predicted octanol–water partition coefficient (Wildman–Crippen LogP) is 4.69. The molecule has 21 heavy (non-hydrogen) atoms. The van der Waals surface area contributed by atoms with Crippen LogP contribution in [0.1, 0.15) is 16.3 Å². The van der Waals surface area contributed by atoms with E-state index in [4.69, 9.17) is 0 Å². The fraction of sp³-hybridized carbons (Fsp3) is 0.231. The van der Waals surface area contributed by atoms with Gasteiger partial charge in [0.1, 0.15) is 5.01 Å². The first-order chi connectivity index (χ1) is 9.91. The summed E-state index contributed by atoms with van der Waals surface area (Å²) in [5, 5.41) is 6.56. The van der Waals surface area contributed by atoms with Crippen molar-refractivity contribution in [3.05, 3.63) is 39.8 Å². The Hall–Kier alpha value is -1.67. The fourth-order valence-electron chi connectivity index (χ4n) is 1.81. The zero-order valence-electron chi connectivity index (χ0n) is 10.9. The maximum Gasteiger partial charge on any atom is 0.416 e. The van der Waals surface area contributed by atoms with Crippen LogP contribution in [0.3, 0.4) is 0 Å². The number of aryl methyl sites for hydroxylation is 1. The Balaban J connectivity index is 1.80. The predicted molar refractivity (Wildman–Crippen MR) is 78.8 cm³/mol. The molecule has 110 valence electrons. The molecule has 1 aromatic carbocycles. The SMILES string of the molecule is Cc1csc(CNc2nc3cc(C(F)(F)F)ccc3s2)n1. The van der Waals surface area contributed by atoms with E-state index in [0.29, 0.717) is 17.2 Å². The third-order valence-corrected chi connectivity index (χ3v) is 4.73.